The number of nitrogens with zero attached hydrogens (tertiary/aromatic N) is 1. The zero-order chi connectivity index (χ0) is 14.2. The molecule has 1 unspecified atom stereocenters. The van der Waals surface area contributed by atoms with Crippen molar-refractivity contribution in [1.29, 1.82) is 0 Å². The Balaban J connectivity index is 1.98. The minimum absolute atomic E-state index is 0.0903. The highest BCUT2D eigenvalue weighted by Crippen LogP contribution is 2.24. The summed E-state index contributed by atoms with van der Waals surface area (Å²) < 4.78 is 10.5. The second-order valence-corrected chi connectivity index (χ2v) is 5.08. The molecule has 2 rings (SSSR count). The average Bonchev–Trinajstić information content (AvgIpc) is 2.83. The van der Waals surface area contributed by atoms with E-state index in [-0.39, 0.29) is 12.1 Å². The lowest BCUT2D eigenvalue weighted by molar-refractivity contribution is 0.139. The number of carbonyl (C=O) groups excluding carboxylic acids is 1. The van der Waals surface area contributed by atoms with Gasteiger partial charge in [0.15, 0.2) is 0 Å². The monoisotopic (exact) mass is 280 g/mol. The number of amides is 1. The highest BCUT2D eigenvalue weighted by atomic mass is 16.5. The Hall–Kier alpha value is -1.49. The van der Waals surface area contributed by atoms with Crippen molar-refractivity contribution in [2.75, 3.05) is 26.2 Å². The van der Waals surface area contributed by atoms with E-state index in [2.05, 4.69) is 10.2 Å². The minimum atomic E-state index is -0.362. The zero-order valence-electron chi connectivity index (χ0n) is 12.1. The lowest BCUT2D eigenvalue weighted by Crippen LogP contribution is -2.38. The summed E-state index contributed by atoms with van der Waals surface area (Å²) in [6, 6.07) is 3.96. The Bertz CT molecular complexity index is 384. The van der Waals surface area contributed by atoms with Crippen LogP contribution in [0.4, 0.5) is 4.79 Å². The Kier molecular flexibility index (Phi) is 5.92. The molecule has 1 amide bonds. The normalized spacial score (nSPS) is 18.2. The molecule has 1 aliphatic heterocycles. The van der Waals surface area contributed by atoms with Crippen molar-refractivity contribution in [1.82, 2.24) is 10.2 Å². The van der Waals surface area contributed by atoms with Crippen LogP contribution in [-0.4, -0.2) is 37.2 Å². The number of ether oxygens (including phenoxy) is 1. The summed E-state index contributed by atoms with van der Waals surface area (Å²) in [4.78, 5) is 13.9. The summed E-state index contributed by atoms with van der Waals surface area (Å²) in [5.41, 5.74) is 0. The molecule has 0 aliphatic carbocycles. The molecule has 1 aliphatic rings. The molecule has 20 heavy (non-hydrogen) atoms. The van der Waals surface area contributed by atoms with Gasteiger partial charge >= 0.3 is 6.09 Å². The van der Waals surface area contributed by atoms with Crippen molar-refractivity contribution < 1.29 is 13.9 Å². The van der Waals surface area contributed by atoms with Gasteiger partial charge in [0.25, 0.3) is 0 Å². The Labute approximate surface area is 120 Å². The van der Waals surface area contributed by atoms with Gasteiger partial charge in [0, 0.05) is 6.54 Å². The van der Waals surface area contributed by atoms with Gasteiger partial charge < -0.3 is 14.5 Å². The molecular formula is C15H24N2O3. The van der Waals surface area contributed by atoms with Gasteiger partial charge in [-0.2, -0.15) is 0 Å². The molecule has 1 aromatic rings. The number of likely N-dealkylation sites (tertiary alicyclic amines) is 1. The van der Waals surface area contributed by atoms with E-state index in [0.29, 0.717) is 13.2 Å². The van der Waals surface area contributed by atoms with E-state index >= 15 is 0 Å². The second-order valence-electron chi connectivity index (χ2n) is 5.08. The molecule has 1 atom stereocenters. The first-order valence-corrected chi connectivity index (χ1v) is 7.49. The lowest BCUT2D eigenvalue weighted by atomic mass is 10.1. The predicted octanol–water partition coefficient (Wildman–Crippen LogP) is 2.94. The fourth-order valence-corrected chi connectivity index (χ4v) is 2.66. The number of carbonyl (C=O) groups is 1. The predicted molar refractivity (Wildman–Crippen MR) is 76.5 cm³/mol. The van der Waals surface area contributed by atoms with Gasteiger partial charge in [-0.25, -0.2) is 4.79 Å². The summed E-state index contributed by atoms with van der Waals surface area (Å²) in [6.45, 7) is 4.82. The SMILES string of the molecule is CCOC(=O)NCC(c1ccco1)N1CCCCCC1. The number of rotatable bonds is 5. The first-order valence-electron chi connectivity index (χ1n) is 7.49. The Morgan fingerprint density at radius 2 is 2.15 bits per heavy atom. The maximum Gasteiger partial charge on any atom is 0.407 e. The first kappa shape index (κ1) is 14.9. The van der Waals surface area contributed by atoms with Crippen molar-refractivity contribution in [3.63, 3.8) is 0 Å². The largest absolute Gasteiger partial charge is 0.468 e. The molecule has 0 saturated carbocycles. The molecule has 0 aromatic carbocycles. The first-order chi connectivity index (χ1) is 9.81. The number of nitrogens with one attached hydrogen (secondary N) is 1. The van der Waals surface area contributed by atoms with Crippen LogP contribution in [0.25, 0.3) is 0 Å². The average molecular weight is 280 g/mol. The zero-order valence-corrected chi connectivity index (χ0v) is 12.1. The van der Waals surface area contributed by atoms with E-state index in [1.807, 2.05) is 12.1 Å². The van der Waals surface area contributed by atoms with Gasteiger partial charge in [-0.05, 0) is 45.0 Å². The molecule has 112 valence electrons. The van der Waals surface area contributed by atoms with Crippen molar-refractivity contribution in [3.8, 4) is 0 Å². The quantitative estimate of drug-likeness (QED) is 0.901. The Morgan fingerprint density at radius 3 is 2.75 bits per heavy atom. The van der Waals surface area contributed by atoms with Gasteiger partial charge in [-0.3, -0.25) is 4.90 Å². The van der Waals surface area contributed by atoms with Crippen LogP contribution < -0.4 is 5.32 Å². The molecule has 2 heterocycles. The topological polar surface area (TPSA) is 54.7 Å². The van der Waals surface area contributed by atoms with Gasteiger partial charge in [0.2, 0.25) is 0 Å². The maximum absolute atomic E-state index is 11.5. The third-order valence-corrected chi connectivity index (χ3v) is 3.67. The van der Waals surface area contributed by atoms with Crippen LogP contribution in [0.1, 0.15) is 44.4 Å². The Morgan fingerprint density at radius 1 is 1.40 bits per heavy atom. The van der Waals surface area contributed by atoms with E-state index in [1.54, 1.807) is 13.2 Å². The molecule has 5 nitrogen and oxygen atoms in total. The molecule has 5 heteroatoms. The number of hydrogen-bond donors (Lipinski definition) is 1. The van der Waals surface area contributed by atoms with E-state index < -0.39 is 0 Å². The van der Waals surface area contributed by atoms with E-state index in [1.165, 1.54) is 25.7 Å². The fourth-order valence-electron chi connectivity index (χ4n) is 2.66. The summed E-state index contributed by atoms with van der Waals surface area (Å²) in [5.74, 6) is 0.906. The van der Waals surface area contributed by atoms with E-state index in [4.69, 9.17) is 9.15 Å². The number of hydrogen-bond acceptors (Lipinski definition) is 4. The number of alkyl carbamates (subject to hydrolysis) is 1. The lowest BCUT2D eigenvalue weighted by Gasteiger charge is -2.29. The summed E-state index contributed by atoms with van der Waals surface area (Å²) in [6.07, 6.45) is 6.30. The van der Waals surface area contributed by atoms with Crippen LogP contribution in [0.5, 0.6) is 0 Å². The van der Waals surface area contributed by atoms with Crippen LogP contribution in [0.3, 0.4) is 0 Å². The third kappa shape index (κ3) is 4.27. The van der Waals surface area contributed by atoms with Crippen LogP contribution >= 0.6 is 0 Å². The molecule has 1 fully saturated rings. The highest BCUT2D eigenvalue weighted by Gasteiger charge is 2.24. The molecule has 1 aromatic heterocycles. The van der Waals surface area contributed by atoms with Gasteiger partial charge in [0.1, 0.15) is 5.76 Å². The van der Waals surface area contributed by atoms with Crippen molar-refractivity contribution in [3.05, 3.63) is 24.2 Å². The summed E-state index contributed by atoms with van der Waals surface area (Å²) >= 11 is 0. The van der Waals surface area contributed by atoms with E-state index in [0.717, 1.165) is 18.8 Å². The molecule has 0 radical (unpaired) electrons. The smallest absolute Gasteiger partial charge is 0.407 e. The van der Waals surface area contributed by atoms with Gasteiger partial charge in [0.05, 0.1) is 18.9 Å². The van der Waals surface area contributed by atoms with E-state index in [9.17, 15) is 4.79 Å². The second kappa shape index (κ2) is 7.94. The standard InChI is InChI=1S/C15H24N2O3/c1-2-19-15(18)16-12-13(14-8-7-11-20-14)17-9-5-3-4-6-10-17/h7-8,11,13H,2-6,9-10,12H2,1H3,(H,16,18). The van der Waals surface area contributed by atoms with Crippen LogP contribution in [0.15, 0.2) is 22.8 Å². The molecule has 1 N–H and O–H groups in total. The van der Waals surface area contributed by atoms with Crippen molar-refractivity contribution >= 4 is 6.09 Å². The minimum Gasteiger partial charge on any atom is -0.468 e. The summed E-state index contributed by atoms with van der Waals surface area (Å²) in [7, 11) is 0. The molecule has 1 saturated heterocycles. The molecular weight excluding hydrogens is 256 g/mol. The molecule has 0 spiro atoms. The molecule has 0 bridgehead atoms. The van der Waals surface area contributed by atoms with Crippen LogP contribution in [-0.2, 0) is 4.74 Å². The van der Waals surface area contributed by atoms with Gasteiger partial charge in [-0.1, -0.05) is 12.8 Å². The summed E-state index contributed by atoms with van der Waals surface area (Å²) in [5, 5.41) is 2.83. The van der Waals surface area contributed by atoms with Crippen molar-refractivity contribution in [2.45, 2.75) is 38.6 Å². The van der Waals surface area contributed by atoms with Crippen LogP contribution in [0, 0.1) is 0 Å². The fraction of sp³-hybridized carbons (Fsp3) is 0.667. The third-order valence-electron chi connectivity index (χ3n) is 3.67. The van der Waals surface area contributed by atoms with Crippen LogP contribution in [0.2, 0.25) is 0 Å². The number of furan rings is 1. The maximum atomic E-state index is 11.5. The van der Waals surface area contributed by atoms with Crippen molar-refractivity contribution in [2.24, 2.45) is 0 Å². The highest BCUT2D eigenvalue weighted by molar-refractivity contribution is 5.67. The van der Waals surface area contributed by atoms with Gasteiger partial charge in [-0.15, -0.1) is 0 Å².